The highest BCUT2D eigenvalue weighted by atomic mass is 16.6. The normalized spacial score (nSPS) is 10.3. The van der Waals surface area contributed by atoms with Crippen LogP contribution in [0.5, 0.6) is 5.75 Å². The van der Waals surface area contributed by atoms with Gasteiger partial charge in [0.25, 0.3) is 11.6 Å². The molecule has 2 rings (SSSR count). The number of hydrogen-bond donors (Lipinski definition) is 1. The zero-order chi connectivity index (χ0) is 18.1. The topological polar surface area (TPSA) is 81.5 Å². The second-order valence-electron chi connectivity index (χ2n) is 5.67. The molecule has 0 bridgehead atoms. The molecule has 0 saturated carbocycles. The highest BCUT2D eigenvalue weighted by Crippen LogP contribution is 2.22. The van der Waals surface area contributed by atoms with E-state index >= 15 is 0 Å². The molecule has 0 aliphatic rings. The minimum Gasteiger partial charge on any atom is -0.494 e. The molecule has 0 fully saturated rings. The third kappa shape index (κ3) is 5.60. The number of nitrogens with zero attached hydrogens (tertiary/aromatic N) is 1. The summed E-state index contributed by atoms with van der Waals surface area (Å²) in [5.41, 5.74) is 0.343. The van der Waals surface area contributed by atoms with Gasteiger partial charge >= 0.3 is 0 Å². The van der Waals surface area contributed by atoms with Gasteiger partial charge in [0.15, 0.2) is 0 Å². The molecule has 1 N–H and O–H groups in total. The number of unbranched alkanes of at least 4 members (excludes halogenated alkanes) is 3. The summed E-state index contributed by atoms with van der Waals surface area (Å²) in [6.07, 6.45) is 4.48. The SMILES string of the molecule is CCCCCCOc1cccc(NC(=O)c2ccccc2[N+](=O)[O-])c1. The van der Waals surface area contributed by atoms with Gasteiger partial charge < -0.3 is 10.1 Å². The van der Waals surface area contributed by atoms with Crippen molar-refractivity contribution in [2.45, 2.75) is 32.6 Å². The highest BCUT2D eigenvalue weighted by Gasteiger charge is 2.19. The van der Waals surface area contributed by atoms with Gasteiger partial charge in [-0.25, -0.2) is 0 Å². The van der Waals surface area contributed by atoms with E-state index in [2.05, 4.69) is 12.2 Å². The van der Waals surface area contributed by atoms with Gasteiger partial charge in [-0.2, -0.15) is 0 Å². The number of nitrogens with one attached hydrogen (secondary N) is 1. The molecule has 0 atom stereocenters. The van der Waals surface area contributed by atoms with Crippen LogP contribution >= 0.6 is 0 Å². The van der Waals surface area contributed by atoms with E-state index < -0.39 is 10.8 Å². The predicted octanol–water partition coefficient (Wildman–Crippen LogP) is 4.81. The molecule has 0 aliphatic carbocycles. The maximum atomic E-state index is 12.3. The van der Waals surface area contributed by atoms with Crippen molar-refractivity contribution in [3.8, 4) is 5.75 Å². The number of carbonyl (C=O) groups is 1. The molecule has 132 valence electrons. The van der Waals surface area contributed by atoms with Crippen molar-refractivity contribution in [3.63, 3.8) is 0 Å². The van der Waals surface area contributed by atoms with Crippen molar-refractivity contribution in [1.29, 1.82) is 0 Å². The van der Waals surface area contributed by atoms with E-state index in [1.165, 1.54) is 31.0 Å². The van der Waals surface area contributed by atoms with E-state index in [-0.39, 0.29) is 11.3 Å². The Bertz CT molecular complexity index is 731. The molecule has 6 nitrogen and oxygen atoms in total. The third-order valence-corrected chi connectivity index (χ3v) is 3.70. The van der Waals surface area contributed by atoms with Gasteiger partial charge in [0, 0.05) is 17.8 Å². The fourth-order valence-electron chi connectivity index (χ4n) is 2.41. The lowest BCUT2D eigenvalue weighted by molar-refractivity contribution is -0.385. The first-order chi connectivity index (χ1) is 12.1. The lowest BCUT2D eigenvalue weighted by atomic mass is 10.1. The molecular formula is C19H22N2O4. The van der Waals surface area contributed by atoms with Gasteiger partial charge in [0.2, 0.25) is 0 Å². The molecule has 0 aliphatic heterocycles. The Labute approximate surface area is 147 Å². The molecule has 2 aromatic rings. The van der Waals surface area contributed by atoms with Crippen molar-refractivity contribution < 1.29 is 14.5 Å². The van der Waals surface area contributed by atoms with Crippen LogP contribution in [0.4, 0.5) is 11.4 Å². The molecule has 0 unspecified atom stereocenters. The van der Waals surface area contributed by atoms with E-state index in [9.17, 15) is 14.9 Å². The summed E-state index contributed by atoms with van der Waals surface area (Å²) in [5, 5.41) is 13.7. The standard InChI is InChI=1S/C19H22N2O4/c1-2-3-4-7-13-25-16-10-8-9-15(14-16)20-19(22)17-11-5-6-12-18(17)21(23)24/h5-6,8-12,14H,2-4,7,13H2,1H3,(H,20,22). The Kier molecular flexibility index (Phi) is 6.95. The molecule has 0 spiro atoms. The monoisotopic (exact) mass is 342 g/mol. The van der Waals surface area contributed by atoms with Crippen LogP contribution in [0.2, 0.25) is 0 Å². The van der Waals surface area contributed by atoms with Crippen molar-refractivity contribution in [3.05, 3.63) is 64.2 Å². The first-order valence-corrected chi connectivity index (χ1v) is 8.39. The number of nitro groups is 1. The number of carbonyl (C=O) groups excluding carboxylic acids is 1. The lowest BCUT2D eigenvalue weighted by Gasteiger charge is -2.09. The van der Waals surface area contributed by atoms with E-state index in [4.69, 9.17) is 4.74 Å². The zero-order valence-electron chi connectivity index (χ0n) is 14.2. The van der Waals surface area contributed by atoms with E-state index in [1.54, 1.807) is 24.3 Å². The van der Waals surface area contributed by atoms with Gasteiger partial charge in [-0.05, 0) is 24.6 Å². The van der Waals surface area contributed by atoms with Crippen LogP contribution in [0, 0.1) is 10.1 Å². The van der Waals surface area contributed by atoms with Gasteiger partial charge in [0.05, 0.1) is 11.5 Å². The van der Waals surface area contributed by atoms with Crippen LogP contribution in [0.25, 0.3) is 0 Å². The molecule has 0 radical (unpaired) electrons. The van der Waals surface area contributed by atoms with Gasteiger partial charge in [-0.1, -0.05) is 44.4 Å². The molecule has 1 amide bonds. The van der Waals surface area contributed by atoms with Crippen LogP contribution in [-0.2, 0) is 0 Å². The number of anilines is 1. The average Bonchev–Trinajstić information content (AvgIpc) is 2.62. The average molecular weight is 342 g/mol. The molecule has 6 heteroatoms. The van der Waals surface area contributed by atoms with Crippen LogP contribution in [0.1, 0.15) is 43.0 Å². The number of benzene rings is 2. The summed E-state index contributed by atoms with van der Waals surface area (Å²) in [5.74, 6) is 0.143. The largest absolute Gasteiger partial charge is 0.494 e. The maximum Gasteiger partial charge on any atom is 0.282 e. The summed E-state index contributed by atoms with van der Waals surface area (Å²) in [4.78, 5) is 22.8. The minimum absolute atomic E-state index is 0.0263. The van der Waals surface area contributed by atoms with Crippen molar-refractivity contribution >= 4 is 17.3 Å². The summed E-state index contributed by atoms with van der Waals surface area (Å²) in [6.45, 7) is 2.78. The Morgan fingerprint density at radius 2 is 1.92 bits per heavy atom. The second kappa shape index (κ2) is 9.42. The number of nitro benzene ring substituents is 1. The summed E-state index contributed by atoms with van der Waals surface area (Å²) >= 11 is 0. The second-order valence-corrected chi connectivity index (χ2v) is 5.67. The summed E-state index contributed by atoms with van der Waals surface area (Å²) in [6, 6.07) is 12.9. The van der Waals surface area contributed by atoms with Crippen LogP contribution in [0.3, 0.4) is 0 Å². The summed E-state index contributed by atoms with van der Waals surface area (Å²) in [7, 11) is 0. The lowest BCUT2D eigenvalue weighted by Crippen LogP contribution is -2.13. The Morgan fingerprint density at radius 1 is 1.12 bits per heavy atom. The fraction of sp³-hybridized carbons (Fsp3) is 0.316. The van der Waals surface area contributed by atoms with Gasteiger partial charge in [0.1, 0.15) is 11.3 Å². The molecule has 25 heavy (non-hydrogen) atoms. The van der Waals surface area contributed by atoms with Crippen molar-refractivity contribution in [1.82, 2.24) is 0 Å². The quantitative estimate of drug-likeness (QED) is 0.403. The maximum absolute atomic E-state index is 12.3. The molecule has 2 aromatic carbocycles. The Balaban J connectivity index is 2.00. The third-order valence-electron chi connectivity index (χ3n) is 3.70. The minimum atomic E-state index is -0.565. The molecular weight excluding hydrogens is 320 g/mol. The van der Waals surface area contributed by atoms with Crippen LogP contribution in [0.15, 0.2) is 48.5 Å². The Hall–Kier alpha value is -2.89. The molecule has 0 saturated heterocycles. The number of hydrogen-bond acceptors (Lipinski definition) is 4. The van der Waals surface area contributed by atoms with E-state index in [0.29, 0.717) is 18.0 Å². The highest BCUT2D eigenvalue weighted by molar-refractivity contribution is 6.07. The van der Waals surface area contributed by atoms with E-state index in [0.717, 1.165) is 12.8 Å². The molecule has 0 heterocycles. The zero-order valence-corrected chi connectivity index (χ0v) is 14.2. The fourth-order valence-corrected chi connectivity index (χ4v) is 2.41. The van der Waals surface area contributed by atoms with Crippen LogP contribution < -0.4 is 10.1 Å². The van der Waals surface area contributed by atoms with E-state index in [1.807, 2.05) is 6.07 Å². The first-order valence-electron chi connectivity index (χ1n) is 8.39. The first kappa shape index (κ1) is 18.4. The van der Waals surface area contributed by atoms with Crippen molar-refractivity contribution in [2.24, 2.45) is 0 Å². The number of para-hydroxylation sites is 1. The summed E-state index contributed by atoms with van der Waals surface area (Å²) < 4.78 is 5.68. The predicted molar refractivity (Wildman–Crippen MR) is 97.1 cm³/mol. The molecule has 0 aromatic heterocycles. The smallest absolute Gasteiger partial charge is 0.282 e. The number of ether oxygens (including phenoxy) is 1. The number of amides is 1. The number of rotatable bonds is 9. The van der Waals surface area contributed by atoms with Crippen LogP contribution in [-0.4, -0.2) is 17.4 Å². The van der Waals surface area contributed by atoms with Gasteiger partial charge in [-0.3, -0.25) is 14.9 Å². The van der Waals surface area contributed by atoms with Gasteiger partial charge in [-0.15, -0.1) is 0 Å². The van der Waals surface area contributed by atoms with Crippen molar-refractivity contribution in [2.75, 3.05) is 11.9 Å². The Morgan fingerprint density at radius 3 is 2.68 bits per heavy atom.